The fourth-order valence-corrected chi connectivity index (χ4v) is 3.33. The molecule has 4 atom stereocenters. The Hall–Kier alpha value is -1.34. The molecule has 7 heteroatoms. The van der Waals surface area contributed by atoms with E-state index in [0.29, 0.717) is 12.5 Å². The van der Waals surface area contributed by atoms with Crippen LogP contribution in [0.15, 0.2) is 0 Å². The van der Waals surface area contributed by atoms with Gasteiger partial charge in [0, 0.05) is 13.2 Å². The molecule has 0 radical (unpaired) electrons. The second-order valence-electron chi connectivity index (χ2n) is 7.10. The van der Waals surface area contributed by atoms with Crippen LogP contribution in [0, 0.1) is 5.92 Å². The van der Waals surface area contributed by atoms with E-state index in [1.165, 1.54) is 7.11 Å². The maximum absolute atomic E-state index is 12.7. The molecule has 0 saturated carbocycles. The van der Waals surface area contributed by atoms with Crippen molar-refractivity contribution in [3.05, 3.63) is 0 Å². The van der Waals surface area contributed by atoms with Gasteiger partial charge >= 0.3 is 12.0 Å². The quantitative estimate of drug-likeness (QED) is 0.785. The Kier molecular flexibility index (Phi) is 6.86. The molecule has 2 aliphatic rings. The molecule has 2 rings (SSSR count). The highest BCUT2D eigenvalue weighted by Gasteiger charge is 2.35. The van der Waals surface area contributed by atoms with Gasteiger partial charge in [-0.1, -0.05) is 13.8 Å². The van der Waals surface area contributed by atoms with Crippen molar-refractivity contribution in [1.82, 2.24) is 10.2 Å². The van der Waals surface area contributed by atoms with E-state index in [4.69, 9.17) is 14.2 Å². The van der Waals surface area contributed by atoms with Crippen LogP contribution in [0.4, 0.5) is 4.79 Å². The normalized spacial score (nSPS) is 31.0. The average Bonchev–Trinajstić information content (AvgIpc) is 2.54. The first-order valence-corrected chi connectivity index (χ1v) is 8.81. The first-order chi connectivity index (χ1) is 11.4. The number of morpholine rings is 1. The Labute approximate surface area is 144 Å². The number of amides is 2. The van der Waals surface area contributed by atoms with Gasteiger partial charge in [0.15, 0.2) is 6.10 Å². The summed E-state index contributed by atoms with van der Waals surface area (Å²) >= 11 is 0. The van der Waals surface area contributed by atoms with E-state index in [1.807, 2.05) is 6.92 Å². The van der Waals surface area contributed by atoms with Crippen LogP contribution in [-0.2, 0) is 19.0 Å². The SMILES string of the molecule is COC(=O)[C@H]1CN(C(=O)N[C@H]2CCCO[C@H]2CC(C)C)C[C@@H](C)O1. The number of esters is 1. The molecule has 24 heavy (non-hydrogen) atoms. The van der Waals surface area contributed by atoms with Crippen molar-refractivity contribution in [1.29, 1.82) is 0 Å². The number of methoxy groups -OCH3 is 1. The van der Waals surface area contributed by atoms with E-state index in [9.17, 15) is 9.59 Å². The van der Waals surface area contributed by atoms with Gasteiger partial charge in [-0.05, 0) is 32.1 Å². The first kappa shape index (κ1) is 19.0. The predicted octanol–water partition coefficient (Wildman–Crippen LogP) is 1.55. The molecule has 0 spiro atoms. The van der Waals surface area contributed by atoms with Gasteiger partial charge in [0.1, 0.15) is 0 Å². The Bertz CT molecular complexity index is 443. The maximum atomic E-state index is 12.7. The van der Waals surface area contributed by atoms with Crippen LogP contribution >= 0.6 is 0 Å². The molecule has 0 aromatic carbocycles. The zero-order chi connectivity index (χ0) is 17.7. The summed E-state index contributed by atoms with van der Waals surface area (Å²) in [6, 6.07) is -0.147. The van der Waals surface area contributed by atoms with Gasteiger partial charge in [-0.3, -0.25) is 0 Å². The highest BCUT2D eigenvalue weighted by atomic mass is 16.6. The Morgan fingerprint density at radius 1 is 1.33 bits per heavy atom. The van der Waals surface area contributed by atoms with Gasteiger partial charge in [-0.25, -0.2) is 9.59 Å². The monoisotopic (exact) mass is 342 g/mol. The van der Waals surface area contributed by atoms with Crippen LogP contribution < -0.4 is 5.32 Å². The van der Waals surface area contributed by atoms with Gasteiger partial charge in [0.05, 0.1) is 31.9 Å². The van der Waals surface area contributed by atoms with E-state index in [1.54, 1.807) is 4.90 Å². The van der Waals surface area contributed by atoms with Gasteiger partial charge < -0.3 is 24.4 Å². The summed E-state index contributed by atoms with van der Waals surface area (Å²) in [5.41, 5.74) is 0. The first-order valence-electron chi connectivity index (χ1n) is 8.81. The Morgan fingerprint density at radius 2 is 2.08 bits per heavy atom. The van der Waals surface area contributed by atoms with Crippen molar-refractivity contribution in [2.45, 2.75) is 64.4 Å². The molecule has 2 heterocycles. The molecule has 0 aromatic rings. The minimum absolute atomic E-state index is 0.0170. The van der Waals surface area contributed by atoms with E-state index < -0.39 is 12.1 Å². The van der Waals surface area contributed by atoms with Crippen LogP contribution in [0.2, 0.25) is 0 Å². The summed E-state index contributed by atoms with van der Waals surface area (Å²) in [7, 11) is 1.32. The molecule has 2 fully saturated rings. The van der Waals surface area contributed by atoms with Gasteiger partial charge in [-0.15, -0.1) is 0 Å². The number of ether oxygens (including phenoxy) is 3. The van der Waals surface area contributed by atoms with Crippen molar-refractivity contribution in [3.63, 3.8) is 0 Å². The molecule has 0 aliphatic carbocycles. The third-order valence-electron chi connectivity index (χ3n) is 4.46. The topological polar surface area (TPSA) is 77.1 Å². The van der Waals surface area contributed by atoms with Gasteiger partial charge in [0.2, 0.25) is 0 Å². The van der Waals surface area contributed by atoms with Crippen LogP contribution in [0.25, 0.3) is 0 Å². The average molecular weight is 342 g/mol. The molecule has 138 valence electrons. The van der Waals surface area contributed by atoms with Crippen LogP contribution in [0.5, 0.6) is 0 Å². The van der Waals surface area contributed by atoms with Crippen LogP contribution in [0.1, 0.15) is 40.0 Å². The largest absolute Gasteiger partial charge is 0.467 e. The summed E-state index contributed by atoms with van der Waals surface area (Å²) in [4.78, 5) is 26.0. The van der Waals surface area contributed by atoms with Crippen molar-refractivity contribution >= 4 is 12.0 Å². The maximum Gasteiger partial charge on any atom is 0.336 e. The van der Waals surface area contributed by atoms with E-state index in [-0.39, 0.29) is 30.8 Å². The fraction of sp³-hybridized carbons (Fsp3) is 0.882. The molecular formula is C17H30N2O5. The van der Waals surface area contributed by atoms with E-state index in [0.717, 1.165) is 25.9 Å². The third-order valence-corrected chi connectivity index (χ3v) is 4.46. The number of carbonyl (C=O) groups excluding carboxylic acids is 2. The van der Waals surface area contributed by atoms with Crippen LogP contribution in [-0.4, -0.2) is 68.1 Å². The lowest BCUT2D eigenvalue weighted by atomic mass is 9.95. The lowest BCUT2D eigenvalue weighted by Crippen LogP contribution is -2.58. The second-order valence-corrected chi connectivity index (χ2v) is 7.10. The molecule has 1 N–H and O–H groups in total. The minimum atomic E-state index is -0.724. The fourth-order valence-electron chi connectivity index (χ4n) is 3.33. The number of hydrogen-bond acceptors (Lipinski definition) is 5. The zero-order valence-electron chi connectivity index (χ0n) is 15.1. The minimum Gasteiger partial charge on any atom is -0.467 e. The number of urea groups is 1. The smallest absolute Gasteiger partial charge is 0.336 e. The molecule has 2 amide bonds. The zero-order valence-corrected chi connectivity index (χ0v) is 15.1. The van der Waals surface area contributed by atoms with Gasteiger partial charge in [-0.2, -0.15) is 0 Å². The number of carbonyl (C=O) groups is 2. The number of nitrogens with one attached hydrogen (secondary N) is 1. The summed E-state index contributed by atoms with van der Waals surface area (Å²) < 4.78 is 16.2. The third kappa shape index (κ3) is 5.08. The summed E-state index contributed by atoms with van der Waals surface area (Å²) in [6.45, 7) is 7.58. The molecule has 0 bridgehead atoms. The lowest BCUT2D eigenvalue weighted by Gasteiger charge is -2.38. The van der Waals surface area contributed by atoms with Crippen LogP contribution in [0.3, 0.4) is 0 Å². The highest BCUT2D eigenvalue weighted by Crippen LogP contribution is 2.21. The Balaban J connectivity index is 1.95. The van der Waals surface area contributed by atoms with Crippen molar-refractivity contribution in [3.8, 4) is 0 Å². The summed E-state index contributed by atoms with van der Waals surface area (Å²) in [5, 5.41) is 3.10. The standard InChI is InChI=1S/C17H30N2O5/c1-11(2)8-14-13(6-5-7-23-14)18-17(21)19-9-12(3)24-15(10-19)16(20)22-4/h11-15H,5-10H2,1-4H3,(H,18,21)/t12-,13+,14+,15-/m1/s1. The van der Waals surface area contributed by atoms with Crippen molar-refractivity contribution in [2.75, 3.05) is 26.8 Å². The molecule has 2 saturated heterocycles. The highest BCUT2D eigenvalue weighted by molar-refractivity contribution is 5.78. The predicted molar refractivity (Wildman–Crippen MR) is 88.7 cm³/mol. The number of rotatable bonds is 4. The summed E-state index contributed by atoms with van der Waals surface area (Å²) in [6.07, 6.45) is 1.92. The van der Waals surface area contributed by atoms with Crippen molar-refractivity contribution in [2.24, 2.45) is 5.92 Å². The van der Waals surface area contributed by atoms with Crippen molar-refractivity contribution < 1.29 is 23.8 Å². The molecule has 0 unspecified atom stereocenters. The Morgan fingerprint density at radius 3 is 2.75 bits per heavy atom. The van der Waals surface area contributed by atoms with Gasteiger partial charge in [0.25, 0.3) is 0 Å². The molecule has 2 aliphatic heterocycles. The lowest BCUT2D eigenvalue weighted by molar-refractivity contribution is -0.164. The molecule has 7 nitrogen and oxygen atoms in total. The second kappa shape index (κ2) is 8.67. The van der Waals surface area contributed by atoms with E-state index in [2.05, 4.69) is 19.2 Å². The molecular weight excluding hydrogens is 312 g/mol. The number of nitrogens with zero attached hydrogens (tertiary/aromatic N) is 1. The van der Waals surface area contributed by atoms with E-state index >= 15 is 0 Å². The summed E-state index contributed by atoms with van der Waals surface area (Å²) in [5.74, 6) is 0.0673. The molecule has 0 aromatic heterocycles. The number of hydrogen-bond donors (Lipinski definition) is 1.